The minimum Gasteiger partial charge on any atom is -0.485 e. The molecule has 2 atom stereocenters. The first-order chi connectivity index (χ1) is 12.8. The van der Waals surface area contributed by atoms with Gasteiger partial charge in [-0.15, -0.1) is 0 Å². The molecule has 8 heteroatoms. The summed E-state index contributed by atoms with van der Waals surface area (Å²) >= 11 is 0. The number of carbonyl (C=O) groups is 1. The van der Waals surface area contributed by atoms with E-state index in [9.17, 15) is 17.6 Å². The summed E-state index contributed by atoms with van der Waals surface area (Å²) in [6.07, 6.45) is -0.761. The van der Waals surface area contributed by atoms with Crippen molar-refractivity contribution in [2.45, 2.75) is 31.2 Å². The van der Waals surface area contributed by atoms with Crippen molar-refractivity contribution in [3.63, 3.8) is 0 Å². The monoisotopic (exact) mass is 393 g/mol. The van der Waals surface area contributed by atoms with Gasteiger partial charge in [0.05, 0.1) is 5.25 Å². The molecule has 144 valence electrons. The first kappa shape index (κ1) is 19.3. The van der Waals surface area contributed by atoms with Gasteiger partial charge in [0.25, 0.3) is 0 Å². The largest absolute Gasteiger partial charge is 0.485 e. The van der Waals surface area contributed by atoms with Gasteiger partial charge in [-0.25, -0.2) is 12.8 Å². The number of carbonyl (C=O) groups excluding carboxylic acids is 1. The number of esters is 1. The van der Waals surface area contributed by atoms with Gasteiger partial charge in [-0.05, 0) is 49.2 Å². The predicted molar refractivity (Wildman–Crippen MR) is 98.2 cm³/mol. The van der Waals surface area contributed by atoms with Gasteiger partial charge in [-0.2, -0.15) is 4.72 Å². The molecule has 0 aliphatic carbocycles. The topological polar surface area (TPSA) is 81.7 Å². The minimum atomic E-state index is -3.65. The van der Waals surface area contributed by atoms with Crippen LogP contribution >= 0.6 is 0 Å². The molecule has 3 rings (SSSR count). The zero-order valence-corrected chi connectivity index (χ0v) is 15.7. The lowest BCUT2D eigenvalue weighted by Gasteiger charge is -2.19. The van der Waals surface area contributed by atoms with Gasteiger partial charge >= 0.3 is 5.97 Å². The van der Waals surface area contributed by atoms with E-state index in [1.54, 1.807) is 36.4 Å². The highest BCUT2D eigenvalue weighted by Gasteiger charge is 2.42. The second kappa shape index (κ2) is 7.66. The van der Waals surface area contributed by atoms with Gasteiger partial charge in [-0.3, -0.25) is 4.79 Å². The van der Waals surface area contributed by atoms with Crippen LogP contribution in [0, 0.1) is 5.82 Å². The lowest BCUT2D eigenvalue weighted by Crippen LogP contribution is -2.49. The van der Waals surface area contributed by atoms with E-state index in [1.165, 1.54) is 26.0 Å². The molecule has 0 unspecified atom stereocenters. The summed E-state index contributed by atoms with van der Waals surface area (Å²) in [4.78, 5) is 11.9. The number of cyclic esters (lactones) is 1. The molecular weight excluding hydrogens is 373 g/mol. The van der Waals surface area contributed by atoms with Crippen LogP contribution in [0.1, 0.15) is 13.8 Å². The van der Waals surface area contributed by atoms with Gasteiger partial charge in [0.15, 0.2) is 12.1 Å². The lowest BCUT2D eigenvalue weighted by molar-refractivity contribution is -0.139. The molecule has 0 spiro atoms. The van der Waals surface area contributed by atoms with E-state index in [4.69, 9.17) is 9.47 Å². The van der Waals surface area contributed by atoms with Crippen LogP contribution in [-0.2, 0) is 19.6 Å². The summed E-state index contributed by atoms with van der Waals surface area (Å²) in [6.45, 7) is 3.00. The highest BCUT2D eigenvalue weighted by Crippen LogP contribution is 2.25. The van der Waals surface area contributed by atoms with Crippen LogP contribution in [-0.4, -0.2) is 38.4 Å². The zero-order valence-electron chi connectivity index (χ0n) is 14.9. The molecular formula is C19H20FNO5S. The summed E-state index contributed by atoms with van der Waals surface area (Å²) in [5.74, 6) is -0.496. The van der Waals surface area contributed by atoms with Crippen molar-refractivity contribution in [2.24, 2.45) is 0 Å². The molecule has 6 nitrogen and oxygen atoms in total. The Kier molecular flexibility index (Phi) is 5.48. The Balaban J connectivity index is 1.72. The molecule has 0 saturated carbocycles. The van der Waals surface area contributed by atoms with E-state index in [2.05, 4.69) is 4.72 Å². The van der Waals surface area contributed by atoms with Crippen LogP contribution < -0.4 is 9.46 Å². The molecule has 1 aliphatic rings. The summed E-state index contributed by atoms with van der Waals surface area (Å²) in [7, 11) is -3.65. The predicted octanol–water partition coefficient (Wildman–Crippen LogP) is 2.49. The molecule has 1 aliphatic heterocycles. The average Bonchev–Trinajstić information content (AvgIpc) is 2.96. The van der Waals surface area contributed by atoms with Gasteiger partial charge in [0, 0.05) is 0 Å². The van der Waals surface area contributed by atoms with E-state index >= 15 is 0 Å². The van der Waals surface area contributed by atoms with E-state index in [0.717, 1.165) is 11.1 Å². The Morgan fingerprint density at radius 2 is 1.63 bits per heavy atom. The van der Waals surface area contributed by atoms with Crippen LogP contribution in [0.25, 0.3) is 11.1 Å². The quantitative estimate of drug-likeness (QED) is 0.763. The third-order valence-electron chi connectivity index (χ3n) is 4.25. The van der Waals surface area contributed by atoms with E-state index in [-0.39, 0.29) is 12.4 Å². The highest BCUT2D eigenvalue weighted by atomic mass is 32.2. The Morgan fingerprint density at radius 1 is 1.07 bits per heavy atom. The number of sulfonamides is 1. The Bertz CT molecular complexity index is 910. The van der Waals surface area contributed by atoms with Crippen LogP contribution in [0.5, 0.6) is 5.75 Å². The summed E-state index contributed by atoms with van der Waals surface area (Å²) < 4.78 is 50.2. The van der Waals surface area contributed by atoms with Crippen molar-refractivity contribution in [2.75, 3.05) is 6.61 Å². The van der Waals surface area contributed by atoms with Gasteiger partial charge in [0.1, 0.15) is 18.2 Å². The Hall–Kier alpha value is -2.45. The molecule has 1 saturated heterocycles. The third-order valence-corrected chi connectivity index (χ3v) is 6.07. The Morgan fingerprint density at radius 3 is 2.19 bits per heavy atom. The normalized spacial score (nSPS) is 19.9. The highest BCUT2D eigenvalue weighted by molar-refractivity contribution is 7.90. The first-order valence-electron chi connectivity index (χ1n) is 8.47. The zero-order chi connectivity index (χ0) is 19.6. The number of hydrogen-bond acceptors (Lipinski definition) is 5. The van der Waals surface area contributed by atoms with E-state index < -0.39 is 33.4 Å². The van der Waals surface area contributed by atoms with E-state index in [1.807, 2.05) is 0 Å². The fraction of sp³-hybridized carbons (Fsp3) is 0.316. The second-order valence-electron chi connectivity index (χ2n) is 6.51. The van der Waals surface area contributed by atoms with Crippen LogP contribution in [0.15, 0.2) is 48.5 Å². The molecule has 0 bridgehead atoms. The van der Waals surface area contributed by atoms with Gasteiger partial charge in [0.2, 0.25) is 10.0 Å². The summed E-state index contributed by atoms with van der Waals surface area (Å²) in [6, 6.07) is 12.0. The molecule has 1 fully saturated rings. The molecule has 2 aromatic carbocycles. The maximum atomic E-state index is 13.0. The van der Waals surface area contributed by atoms with Crippen molar-refractivity contribution in [1.82, 2.24) is 4.72 Å². The molecule has 1 heterocycles. The van der Waals surface area contributed by atoms with Gasteiger partial charge in [-0.1, -0.05) is 24.3 Å². The standard InChI is InChI=1S/C19H20FNO5S/c1-12(2)27(23,24)21-18-17(11-25-19(18)22)26-16-9-5-14(6-10-16)13-3-7-15(20)8-4-13/h3-10,12,17-18,21H,11H2,1-2H3/t17-,18+/m1/s1. The van der Waals surface area contributed by atoms with Crippen molar-refractivity contribution >= 4 is 16.0 Å². The maximum Gasteiger partial charge on any atom is 0.328 e. The van der Waals surface area contributed by atoms with E-state index in [0.29, 0.717) is 5.75 Å². The third kappa shape index (κ3) is 4.45. The summed E-state index contributed by atoms with van der Waals surface area (Å²) in [5.41, 5.74) is 1.73. The number of halogens is 1. The molecule has 1 N–H and O–H groups in total. The molecule has 2 aromatic rings. The smallest absolute Gasteiger partial charge is 0.328 e. The SMILES string of the molecule is CC(C)S(=O)(=O)N[C@@H]1C(=O)OC[C@H]1Oc1ccc(-c2ccc(F)cc2)cc1. The Labute approximate surface area is 157 Å². The molecule has 0 radical (unpaired) electrons. The fourth-order valence-electron chi connectivity index (χ4n) is 2.58. The number of rotatable bonds is 6. The van der Waals surface area contributed by atoms with Crippen molar-refractivity contribution < 1.29 is 27.1 Å². The second-order valence-corrected chi connectivity index (χ2v) is 8.78. The van der Waals surface area contributed by atoms with Crippen LogP contribution in [0.2, 0.25) is 0 Å². The number of hydrogen-bond donors (Lipinski definition) is 1. The first-order valence-corrected chi connectivity index (χ1v) is 10.0. The van der Waals surface area contributed by atoms with Gasteiger partial charge < -0.3 is 9.47 Å². The molecule has 0 amide bonds. The molecule has 0 aromatic heterocycles. The average molecular weight is 393 g/mol. The fourth-order valence-corrected chi connectivity index (χ4v) is 3.46. The van der Waals surface area contributed by atoms with Crippen LogP contribution in [0.3, 0.4) is 0 Å². The molecule has 27 heavy (non-hydrogen) atoms. The minimum absolute atomic E-state index is 0.0379. The number of nitrogens with one attached hydrogen (secondary N) is 1. The summed E-state index contributed by atoms with van der Waals surface area (Å²) in [5, 5.41) is -0.679. The van der Waals surface area contributed by atoms with Crippen molar-refractivity contribution in [3.8, 4) is 16.9 Å². The van der Waals surface area contributed by atoms with Crippen molar-refractivity contribution in [1.29, 1.82) is 0 Å². The number of ether oxygens (including phenoxy) is 2. The maximum absolute atomic E-state index is 13.0. The van der Waals surface area contributed by atoms with Crippen molar-refractivity contribution in [3.05, 3.63) is 54.3 Å². The number of benzene rings is 2. The lowest BCUT2D eigenvalue weighted by atomic mass is 10.1. The van der Waals surface area contributed by atoms with Crippen LogP contribution in [0.4, 0.5) is 4.39 Å².